The van der Waals surface area contributed by atoms with Crippen LogP contribution >= 0.6 is 0 Å². The van der Waals surface area contributed by atoms with Gasteiger partial charge >= 0.3 is 24.1 Å². The number of carbonyl (C=O) groups is 4. The number of carbonyl (C=O) groups excluding carboxylic acids is 4. The van der Waals surface area contributed by atoms with E-state index in [9.17, 15) is 24.3 Å². The highest BCUT2D eigenvalue weighted by Gasteiger charge is 2.34. The molecule has 0 unspecified atom stereocenters. The molecule has 0 aliphatic heterocycles. The summed E-state index contributed by atoms with van der Waals surface area (Å²) in [5, 5.41) is 15.4. The van der Waals surface area contributed by atoms with Crippen LogP contribution in [0.4, 0.5) is 9.59 Å². The van der Waals surface area contributed by atoms with Crippen molar-refractivity contribution in [1.29, 1.82) is 0 Å². The third-order valence-corrected chi connectivity index (χ3v) is 15.2. The smallest absolute Gasteiger partial charge is 0.407 e. The summed E-state index contributed by atoms with van der Waals surface area (Å²) in [6, 6.07) is 58.2. The van der Waals surface area contributed by atoms with Gasteiger partial charge in [0.25, 0.3) is 0 Å². The molecule has 0 radical (unpaired) electrons. The average molecular weight is 1140 g/mol. The average Bonchev–Trinajstić information content (AvgIpc) is 2.87. The van der Waals surface area contributed by atoms with E-state index in [2.05, 4.69) is 78.2 Å². The van der Waals surface area contributed by atoms with Crippen molar-refractivity contribution in [3.63, 3.8) is 0 Å². The van der Waals surface area contributed by atoms with Crippen LogP contribution in [0.25, 0.3) is 44.5 Å². The van der Waals surface area contributed by atoms with Gasteiger partial charge in [0.2, 0.25) is 0 Å². The van der Waals surface area contributed by atoms with E-state index in [0.717, 1.165) is 102 Å². The van der Waals surface area contributed by atoms with Crippen LogP contribution in [0.5, 0.6) is 11.5 Å². The second kappa shape index (κ2) is 26.6. The van der Waals surface area contributed by atoms with Gasteiger partial charge in [0.1, 0.15) is 48.0 Å². The molecule has 3 N–H and O–H groups in total. The van der Waals surface area contributed by atoms with Crippen LogP contribution in [0.1, 0.15) is 112 Å². The molecule has 0 fully saturated rings. The molecular formula is C73H76N2O10. The van der Waals surface area contributed by atoms with E-state index in [1.807, 2.05) is 137 Å². The van der Waals surface area contributed by atoms with Gasteiger partial charge in [-0.3, -0.25) is 0 Å². The molecule has 0 saturated heterocycles. The number of alkyl carbamates (subject to hydrolysis) is 2. The summed E-state index contributed by atoms with van der Waals surface area (Å²) in [7, 11) is 1.67. The van der Waals surface area contributed by atoms with Gasteiger partial charge in [0.15, 0.2) is 0 Å². The maximum Gasteiger partial charge on any atom is 0.407 e. The van der Waals surface area contributed by atoms with Gasteiger partial charge in [-0.25, -0.2) is 19.2 Å². The number of rotatable bonds is 17. The highest BCUT2D eigenvalue weighted by molar-refractivity contribution is 5.84. The number of aryl methyl sites for hydroxylation is 2. The third-order valence-electron chi connectivity index (χ3n) is 15.2. The second-order valence-corrected chi connectivity index (χ2v) is 23.5. The van der Waals surface area contributed by atoms with Crippen LogP contribution < -0.4 is 15.4 Å². The Morgan fingerprint density at radius 2 is 0.812 bits per heavy atom. The highest BCUT2D eigenvalue weighted by Crippen LogP contribution is 2.46. The number of phenolic OH excluding ortho intramolecular Hbond substituents is 1. The number of hydrogen-bond acceptors (Lipinski definition) is 10. The summed E-state index contributed by atoms with van der Waals surface area (Å²) in [6.07, 6.45) is 0.856. The van der Waals surface area contributed by atoms with E-state index in [-0.39, 0.29) is 43.6 Å². The molecule has 438 valence electrons. The van der Waals surface area contributed by atoms with E-state index in [1.54, 1.807) is 40.0 Å². The molecule has 85 heavy (non-hydrogen) atoms. The molecule has 10 rings (SSSR count). The first-order valence-corrected chi connectivity index (χ1v) is 29.2. The van der Waals surface area contributed by atoms with Crippen molar-refractivity contribution in [3.8, 4) is 56.0 Å². The first kappa shape index (κ1) is 60.4. The van der Waals surface area contributed by atoms with Crippen molar-refractivity contribution < 1.29 is 48.0 Å². The molecule has 0 aromatic heterocycles. The maximum atomic E-state index is 13.2. The molecular weight excluding hydrogens is 1060 g/mol. The Morgan fingerprint density at radius 3 is 1.16 bits per heavy atom. The zero-order valence-electron chi connectivity index (χ0n) is 50.0. The molecule has 0 heterocycles. The molecule has 2 amide bonds. The quantitative estimate of drug-likeness (QED) is 0.0592. The molecule has 0 bridgehead atoms. The van der Waals surface area contributed by atoms with Gasteiger partial charge in [-0.05, 0) is 168 Å². The summed E-state index contributed by atoms with van der Waals surface area (Å²) in [4.78, 5) is 52.6. The summed E-state index contributed by atoms with van der Waals surface area (Å²) in [5.74, 6) is -0.107. The van der Waals surface area contributed by atoms with Crippen molar-refractivity contribution in [3.05, 3.63) is 226 Å². The molecule has 2 atom stereocenters. The molecule has 12 nitrogen and oxygen atoms in total. The SMILES string of the molecule is CCc1cc(O)ccc1-c1ccc(C[C@H](NC(=O)OCC2c3ccccc3-c3ccccc32)C(=O)OC(C)(C)C)cc1.CCc1cc(OC)ccc1-c1ccc(C[C@H](NC(=O)OCC2c3ccccc3-c3ccccc32)C(=O)OC(C)(C)C)cc1. The molecule has 12 heteroatoms. The zero-order valence-corrected chi connectivity index (χ0v) is 50.0. The van der Waals surface area contributed by atoms with Crippen molar-refractivity contribution in [2.75, 3.05) is 20.3 Å². The number of benzene rings is 8. The minimum atomic E-state index is -0.925. The fourth-order valence-corrected chi connectivity index (χ4v) is 11.2. The standard InChI is InChI=1S/C37H39NO5.C36H37NO5/c1-6-25-22-27(41-5)19-20-28(25)26-17-15-24(16-18-26)21-34(35(39)43-37(2,3)4)38-36(40)42-23-33-31-13-9-7-11-29(31)30-12-8-10-14-32(30)33;1-5-24-21-26(38)18-19-27(24)25-16-14-23(15-17-25)20-33(34(39)42-36(2,3)4)37-35(40)41-22-32-30-12-8-6-10-28(30)29-11-7-9-13-31(29)32/h7-20,22,33-34H,6,21,23H2,1-5H3,(H,38,40);6-19,21,32-33,38H,5,20,22H2,1-4H3,(H,37,40)/t34-;33-/m00/s1. The summed E-state index contributed by atoms with van der Waals surface area (Å²) in [5.41, 5.74) is 15.9. The van der Waals surface area contributed by atoms with Gasteiger partial charge < -0.3 is 39.4 Å². The molecule has 8 aromatic rings. The lowest BCUT2D eigenvalue weighted by Crippen LogP contribution is -2.46. The number of amides is 2. The van der Waals surface area contributed by atoms with Crippen LogP contribution in [0, 0.1) is 0 Å². The minimum absolute atomic E-state index is 0.0726. The highest BCUT2D eigenvalue weighted by atomic mass is 16.6. The number of aromatic hydroxyl groups is 1. The fraction of sp³-hybridized carbons (Fsp3) is 0.288. The summed E-state index contributed by atoms with van der Waals surface area (Å²) in [6.45, 7) is 15.3. The molecule has 0 saturated carbocycles. The Bertz CT molecular complexity index is 3580. The number of methoxy groups -OCH3 is 1. The second-order valence-electron chi connectivity index (χ2n) is 23.5. The van der Waals surface area contributed by atoms with Gasteiger partial charge in [-0.1, -0.05) is 172 Å². The van der Waals surface area contributed by atoms with E-state index in [1.165, 1.54) is 5.56 Å². The number of phenols is 1. The maximum absolute atomic E-state index is 13.2. The Morgan fingerprint density at radius 1 is 0.459 bits per heavy atom. The number of hydrogen-bond donors (Lipinski definition) is 3. The Hall–Kier alpha value is -9.16. The van der Waals surface area contributed by atoms with E-state index in [0.29, 0.717) is 0 Å². The largest absolute Gasteiger partial charge is 0.508 e. The van der Waals surface area contributed by atoms with Crippen LogP contribution in [0.15, 0.2) is 182 Å². The fourth-order valence-electron chi connectivity index (χ4n) is 11.2. The van der Waals surface area contributed by atoms with Gasteiger partial charge in [-0.2, -0.15) is 0 Å². The van der Waals surface area contributed by atoms with E-state index in [4.69, 9.17) is 23.7 Å². The lowest BCUT2D eigenvalue weighted by molar-refractivity contribution is -0.158. The molecule has 2 aliphatic rings. The molecule has 8 aromatic carbocycles. The van der Waals surface area contributed by atoms with Crippen LogP contribution in [-0.2, 0) is 54.2 Å². The third kappa shape index (κ3) is 15.0. The van der Waals surface area contributed by atoms with Crippen LogP contribution in [0.3, 0.4) is 0 Å². The van der Waals surface area contributed by atoms with Crippen molar-refractivity contribution in [2.45, 2.75) is 116 Å². The Kier molecular flexibility index (Phi) is 18.9. The van der Waals surface area contributed by atoms with Gasteiger partial charge in [0, 0.05) is 24.7 Å². The number of nitrogens with one attached hydrogen (secondary N) is 2. The van der Waals surface area contributed by atoms with E-state index < -0.39 is 47.4 Å². The van der Waals surface area contributed by atoms with Crippen LogP contribution in [0.2, 0.25) is 0 Å². The predicted molar refractivity (Wildman–Crippen MR) is 334 cm³/mol. The Balaban J connectivity index is 0.000000204. The van der Waals surface area contributed by atoms with Crippen molar-refractivity contribution in [1.82, 2.24) is 10.6 Å². The molecule has 0 spiro atoms. The summed E-state index contributed by atoms with van der Waals surface area (Å²) >= 11 is 0. The van der Waals surface area contributed by atoms with Gasteiger partial charge in [0.05, 0.1) is 7.11 Å². The summed E-state index contributed by atoms with van der Waals surface area (Å²) < 4.78 is 28.2. The zero-order chi connectivity index (χ0) is 60.4. The lowest BCUT2D eigenvalue weighted by Gasteiger charge is -2.25. The number of fused-ring (bicyclic) bond motifs is 6. The van der Waals surface area contributed by atoms with Gasteiger partial charge in [-0.15, -0.1) is 0 Å². The van der Waals surface area contributed by atoms with Crippen molar-refractivity contribution in [2.24, 2.45) is 0 Å². The minimum Gasteiger partial charge on any atom is -0.508 e. The Labute approximate surface area is 499 Å². The topological polar surface area (TPSA) is 159 Å². The normalized spacial score (nSPS) is 13.1. The number of ether oxygens (including phenoxy) is 5. The van der Waals surface area contributed by atoms with Crippen LogP contribution in [-0.4, -0.2) is 72.8 Å². The molecule has 2 aliphatic carbocycles. The monoisotopic (exact) mass is 1140 g/mol. The number of esters is 2. The first-order chi connectivity index (χ1) is 40.8. The first-order valence-electron chi connectivity index (χ1n) is 29.2. The lowest BCUT2D eigenvalue weighted by atomic mass is 9.96. The van der Waals surface area contributed by atoms with E-state index >= 15 is 0 Å². The van der Waals surface area contributed by atoms with Crippen molar-refractivity contribution >= 4 is 24.1 Å². The predicted octanol–water partition coefficient (Wildman–Crippen LogP) is 15.1.